The van der Waals surface area contributed by atoms with Crippen LogP contribution >= 0.6 is 0 Å². The normalized spacial score (nSPS) is 0. The fourth-order valence-corrected chi connectivity index (χ4v) is 0. The minimum Gasteiger partial charge on any atom is -2.00 e. The molecule has 0 aromatic carbocycles. The summed E-state index contributed by atoms with van der Waals surface area (Å²) in [6.45, 7) is 0. The van der Waals surface area contributed by atoms with E-state index in [2.05, 4.69) is 0 Å². The van der Waals surface area contributed by atoms with Gasteiger partial charge in [0.05, 0.1) is 0 Å². The van der Waals surface area contributed by atoms with E-state index in [0.29, 0.717) is 0 Å². The molecule has 0 rings (SSSR count). The van der Waals surface area contributed by atoms with E-state index < -0.39 is 0 Å². The Morgan fingerprint density at radius 3 is 1.00 bits per heavy atom. The van der Waals surface area contributed by atoms with E-state index in [4.69, 9.17) is 0 Å². The second-order valence-electron chi connectivity index (χ2n) is 0. The summed E-state index contributed by atoms with van der Waals surface area (Å²) in [4.78, 5) is 0. The first-order valence-corrected chi connectivity index (χ1v) is 0. The predicted octanol–water partition coefficient (Wildman–Crippen LogP) is -6.11. The van der Waals surface area contributed by atoms with Crippen LogP contribution in [0.3, 0.4) is 0 Å². The van der Waals surface area contributed by atoms with Crippen molar-refractivity contribution in [2.24, 2.45) is 0 Å². The van der Waals surface area contributed by atoms with Crippen molar-refractivity contribution < 1.29 is 109 Å². The Bertz CT molecular complexity index is 8.00. The van der Waals surface area contributed by atoms with Crippen molar-refractivity contribution >= 4 is 0 Å². The van der Waals surface area contributed by atoms with Gasteiger partial charge in [0.15, 0.2) is 0 Å². The number of hydrogen-bond acceptors (Lipinski definition) is 0. The van der Waals surface area contributed by atoms with E-state index in [9.17, 15) is 0 Å². The van der Waals surface area contributed by atoms with Crippen molar-refractivity contribution in [1.29, 1.82) is 0 Å². The number of hydrogen-bond donors (Lipinski definition) is 0. The molecule has 4 heavy (non-hydrogen) atoms. The maximum atomic E-state index is 0. The van der Waals surface area contributed by atoms with Crippen LogP contribution in [0.1, 0.15) is 0 Å². The van der Waals surface area contributed by atoms with Gasteiger partial charge < -0.3 is 5.48 Å². The molecule has 8 valence electrons. The fourth-order valence-electron chi connectivity index (χ4n) is 0. The summed E-state index contributed by atoms with van der Waals surface area (Å²) in [5, 5.41) is 0. The molecule has 0 aromatic heterocycles. The maximum Gasteiger partial charge on any atom is 5.00 e. The molecule has 0 aliphatic heterocycles. The van der Waals surface area contributed by atoms with Gasteiger partial charge in [-0.15, -0.1) is 0 Å². The Morgan fingerprint density at radius 2 is 1.00 bits per heavy atom. The Labute approximate surface area is 106 Å². The maximum absolute atomic E-state index is 0. The summed E-state index contributed by atoms with van der Waals surface area (Å²) >= 11 is 0. The molecule has 0 unspecified atom stereocenters. The first kappa shape index (κ1) is 26.5. The first-order valence-electron chi connectivity index (χ1n) is 0. The Morgan fingerprint density at radius 1 is 1.00 bits per heavy atom. The van der Waals surface area contributed by atoms with Crippen LogP contribution in [0.2, 0.25) is 0 Å². The zero-order valence-electron chi connectivity index (χ0n) is 2.86. The summed E-state index contributed by atoms with van der Waals surface area (Å²) in [6.07, 6.45) is 0. The van der Waals surface area contributed by atoms with E-state index in [-0.39, 0.29) is 109 Å². The zero-order valence-corrected chi connectivity index (χ0v) is 10.2. The van der Waals surface area contributed by atoms with Crippen LogP contribution in [0.15, 0.2) is 0 Å². The van der Waals surface area contributed by atoms with Crippen LogP contribution in [0.5, 0.6) is 0 Å². The standard InChI is InChI=1S/K.Na.Nb.O/q2*+1;+5;-2. The van der Waals surface area contributed by atoms with Gasteiger partial charge in [-0.2, -0.15) is 0 Å². The van der Waals surface area contributed by atoms with E-state index in [1.54, 1.807) is 0 Å². The smallest absolute Gasteiger partial charge is 2.00 e. The van der Waals surface area contributed by atoms with Crippen molar-refractivity contribution in [2.75, 3.05) is 0 Å². The third kappa shape index (κ3) is 9.01. The largest absolute Gasteiger partial charge is 5.00 e. The molecule has 0 saturated heterocycles. The van der Waals surface area contributed by atoms with Crippen LogP contribution in [-0.2, 0) is 27.9 Å². The summed E-state index contributed by atoms with van der Waals surface area (Å²) in [7, 11) is 0. The average Bonchev–Trinajstić information content (AvgIpc) is 0. The van der Waals surface area contributed by atoms with Crippen molar-refractivity contribution in [1.82, 2.24) is 0 Å². The minimum absolute atomic E-state index is 0. The fraction of sp³-hybridized carbons (Fsp3) is 0. The molecule has 0 radical (unpaired) electrons. The number of rotatable bonds is 0. The van der Waals surface area contributed by atoms with E-state index in [0.717, 1.165) is 0 Å². The molecule has 0 aliphatic carbocycles. The predicted molar refractivity (Wildman–Crippen MR) is 0.686 cm³/mol. The van der Waals surface area contributed by atoms with Gasteiger partial charge in [0.1, 0.15) is 0 Å². The van der Waals surface area contributed by atoms with Crippen molar-refractivity contribution in [3.05, 3.63) is 0 Å². The van der Waals surface area contributed by atoms with E-state index >= 15 is 0 Å². The summed E-state index contributed by atoms with van der Waals surface area (Å²) in [6, 6.07) is 0. The molecule has 0 spiro atoms. The second-order valence-corrected chi connectivity index (χ2v) is 0. The van der Waals surface area contributed by atoms with Gasteiger partial charge in [-0.3, -0.25) is 0 Å². The Hall–Kier alpha value is 3.34. The molecule has 0 atom stereocenters. The van der Waals surface area contributed by atoms with E-state index in [1.807, 2.05) is 0 Å². The Kier molecular flexibility index (Phi) is 107. The van der Waals surface area contributed by atoms with Gasteiger partial charge in [0, 0.05) is 0 Å². The molecule has 0 heterocycles. The molecule has 1 nitrogen and oxygen atoms in total. The van der Waals surface area contributed by atoms with Crippen LogP contribution in [-0.4, -0.2) is 0 Å². The molecule has 0 aliphatic rings. The minimum atomic E-state index is 0. The van der Waals surface area contributed by atoms with E-state index in [1.165, 1.54) is 0 Å². The summed E-state index contributed by atoms with van der Waals surface area (Å²) in [5.74, 6) is 0. The molecular formula is KNaNbO+5. The van der Waals surface area contributed by atoms with Gasteiger partial charge in [0.25, 0.3) is 0 Å². The topological polar surface area (TPSA) is 28.5 Å². The van der Waals surface area contributed by atoms with Gasteiger partial charge in [-0.1, -0.05) is 0 Å². The summed E-state index contributed by atoms with van der Waals surface area (Å²) in [5.41, 5.74) is 0. The van der Waals surface area contributed by atoms with Gasteiger partial charge in [-0.05, 0) is 0 Å². The van der Waals surface area contributed by atoms with Gasteiger partial charge >= 0.3 is 103 Å². The molecule has 0 aromatic rings. The quantitative estimate of drug-likeness (QED) is 0.324. The second kappa shape index (κ2) is 16.2. The SMILES string of the molecule is [K+].[Na+].[Nb+5].[O-2]. The average molecular weight is 171 g/mol. The third-order valence-corrected chi connectivity index (χ3v) is 0. The van der Waals surface area contributed by atoms with Crippen LogP contribution < -0.4 is 80.9 Å². The van der Waals surface area contributed by atoms with Gasteiger partial charge in [-0.25, -0.2) is 0 Å². The van der Waals surface area contributed by atoms with Crippen molar-refractivity contribution in [2.45, 2.75) is 0 Å². The first-order chi connectivity index (χ1) is 0. The van der Waals surface area contributed by atoms with Crippen LogP contribution in [0, 0.1) is 0 Å². The van der Waals surface area contributed by atoms with Crippen LogP contribution in [0.25, 0.3) is 0 Å². The van der Waals surface area contributed by atoms with Crippen molar-refractivity contribution in [3.8, 4) is 0 Å². The molecule has 0 saturated carbocycles. The summed E-state index contributed by atoms with van der Waals surface area (Å²) < 4.78 is 0. The zero-order chi connectivity index (χ0) is 0. The van der Waals surface area contributed by atoms with Gasteiger partial charge in [0.2, 0.25) is 0 Å². The molecular weight excluding hydrogens is 171 g/mol. The van der Waals surface area contributed by atoms with Crippen LogP contribution in [0.4, 0.5) is 0 Å². The van der Waals surface area contributed by atoms with Crippen molar-refractivity contribution in [3.63, 3.8) is 0 Å². The molecule has 0 amide bonds. The molecule has 0 N–H and O–H groups in total. The third-order valence-electron chi connectivity index (χ3n) is 0. The molecule has 0 bridgehead atoms. The molecule has 0 fully saturated rings. The molecule has 4 heteroatoms. The Balaban J connectivity index is 0. The monoisotopic (exact) mass is 171 g/mol.